The van der Waals surface area contributed by atoms with Crippen LogP contribution in [0.3, 0.4) is 0 Å². The van der Waals surface area contributed by atoms with Crippen LogP contribution in [-0.4, -0.2) is 29.3 Å². The van der Waals surface area contributed by atoms with Crippen molar-refractivity contribution in [2.24, 2.45) is 0 Å². The van der Waals surface area contributed by atoms with Crippen molar-refractivity contribution >= 4 is 22.6 Å². The Bertz CT molecular complexity index is 1090. The molecule has 0 bridgehead atoms. The molecule has 2 aromatic carbocycles. The molecule has 0 fully saturated rings. The van der Waals surface area contributed by atoms with Crippen molar-refractivity contribution < 1.29 is 14.8 Å². The second kappa shape index (κ2) is 8.31. The third kappa shape index (κ3) is 3.55. The molecule has 28 heavy (non-hydrogen) atoms. The van der Waals surface area contributed by atoms with E-state index >= 15 is 0 Å². The molecule has 0 atom stereocenters. The van der Waals surface area contributed by atoms with E-state index in [1.165, 1.54) is 0 Å². The molecule has 0 amide bonds. The quantitative estimate of drug-likeness (QED) is 0.351. The normalized spacial score (nSPS) is 11.2. The molecule has 3 aromatic rings. The van der Waals surface area contributed by atoms with E-state index in [1.807, 2.05) is 49.4 Å². The predicted molar refractivity (Wildman–Crippen MR) is 112 cm³/mol. The van der Waals surface area contributed by atoms with Gasteiger partial charge in [-0.3, -0.25) is 0 Å². The largest absolute Gasteiger partial charge is 0.497 e. The van der Waals surface area contributed by atoms with Crippen molar-refractivity contribution in [3.8, 4) is 23.1 Å². The minimum atomic E-state index is -0.0571. The van der Waals surface area contributed by atoms with Crippen LogP contribution in [0, 0.1) is 11.3 Å². The fourth-order valence-corrected chi connectivity index (χ4v) is 3.29. The van der Waals surface area contributed by atoms with Crippen LogP contribution in [0.4, 0.5) is 5.69 Å². The van der Waals surface area contributed by atoms with Crippen molar-refractivity contribution in [1.29, 1.82) is 5.26 Å². The minimum absolute atomic E-state index is 0.0571. The Hall–Kier alpha value is -3.72. The van der Waals surface area contributed by atoms with Crippen LogP contribution in [0.15, 0.2) is 55.1 Å². The third-order valence-corrected chi connectivity index (χ3v) is 4.51. The molecule has 142 valence electrons. The summed E-state index contributed by atoms with van der Waals surface area (Å²) in [6, 6.07) is 15.6. The molecule has 1 aromatic heterocycles. The van der Waals surface area contributed by atoms with Crippen LogP contribution < -0.4 is 15.0 Å². The maximum Gasteiger partial charge on any atom is 0.444 e. The van der Waals surface area contributed by atoms with Crippen LogP contribution >= 0.6 is 0 Å². The molecule has 0 saturated carbocycles. The molecule has 0 saturated heterocycles. The molecule has 0 aliphatic heterocycles. The summed E-state index contributed by atoms with van der Waals surface area (Å²) >= 11 is 0. The van der Waals surface area contributed by atoms with Gasteiger partial charge in [0, 0.05) is 23.6 Å². The fourth-order valence-electron chi connectivity index (χ4n) is 3.29. The minimum Gasteiger partial charge on any atom is -0.497 e. The molecule has 6 nitrogen and oxygen atoms in total. The highest BCUT2D eigenvalue weighted by molar-refractivity contribution is 5.96. The average molecular weight is 375 g/mol. The van der Waals surface area contributed by atoms with Gasteiger partial charge in [0.05, 0.1) is 23.9 Å². The summed E-state index contributed by atoms with van der Waals surface area (Å²) in [5.74, 6) is 0.749. The summed E-state index contributed by atoms with van der Waals surface area (Å²) in [6.45, 7) is 6.81. The number of benzene rings is 2. The van der Waals surface area contributed by atoms with Gasteiger partial charge in [0.1, 0.15) is 24.1 Å². The number of nitrogens with one attached hydrogen (secondary N) is 2. The second-order valence-corrected chi connectivity index (χ2v) is 6.19. The predicted octanol–water partition coefficient (Wildman–Crippen LogP) is 2.80. The Kier molecular flexibility index (Phi) is 5.66. The first kappa shape index (κ1) is 19.1. The zero-order valence-electron chi connectivity index (χ0n) is 16.0. The number of amidine groups is 1. The van der Waals surface area contributed by atoms with Crippen molar-refractivity contribution in [1.82, 2.24) is 4.57 Å². The average Bonchev–Trinajstić information content (AvgIpc) is 3.04. The summed E-state index contributed by atoms with van der Waals surface area (Å²) in [4.78, 5) is 2.79. The lowest BCUT2D eigenvalue weighted by Crippen LogP contribution is -2.74. The summed E-state index contributed by atoms with van der Waals surface area (Å²) in [5, 5.41) is 23.6. The number of aliphatic hydroxyl groups is 1. The van der Waals surface area contributed by atoms with E-state index in [9.17, 15) is 10.4 Å². The lowest BCUT2D eigenvalue weighted by atomic mass is 10.1. The van der Waals surface area contributed by atoms with Gasteiger partial charge >= 0.3 is 6.02 Å². The van der Waals surface area contributed by atoms with E-state index in [1.54, 1.807) is 13.2 Å². The molecule has 0 spiro atoms. The number of anilines is 1. The van der Waals surface area contributed by atoms with Crippen molar-refractivity contribution in [3.05, 3.63) is 60.7 Å². The van der Waals surface area contributed by atoms with Gasteiger partial charge in [0.25, 0.3) is 0 Å². The van der Waals surface area contributed by atoms with Crippen LogP contribution in [0.25, 0.3) is 22.2 Å². The standard InChI is InChI=1S/C22H22N4O2/c1-4-11-24-22(27)25-16-8-6-7-15(12-16)21-19(14-23)18-10-9-17(28-3)13-20(18)26(21)5-2/h4,6-10,12-13H,1,5,11H2,2-3H3,(H2,24,25,27)/p+1. The van der Waals surface area contributed by atoms with Gasteiger partial charge in [-0.05, 0) is 31.2 Å². The van der Waals surface area contributed by atoms with Crippen molar-refractivity contribution in [2.75, 3.05) is 19.0 Å². The lowest BCUT2D eigenvalue weighted by Gasteiger charge is -2.10. The Morgan fingerprint density at radius 1 is 1.36 bits per heavy atom. The molecular weight excluding hydrogens is 352 g/mol. The Labute approximate surface area is 164 Å². The Morgan fingerprint density at radius 3 is 2.86 bits per heavy atom. The van der Waals surface area contributed by atoms with Gasteiger partial charge in [-0.15, -0.1) is 0 Å². The molecule has 6 heteroatoms. The summed E-state index contributed by atoms with van der Waals surface area (Å²) in [5.41, 5.74) is 4.01. The molecule has 0 radical (unpaired) electrons. The smallest absolute Gasteiger partial charge is 0.444 e. The molecule has 3 rings (SSSR count). The van der Waals surface area contributed by atoms with E-state index in [0.29, 0.717) is 24.3 Å². The Morgan fingerprint density at radius 2 is 2.18 bits per heavy atom. The summed E-state index contributed by atoms with van der Waals surface area (Å²) < 4.78 is 7.46. The number of fused-ring (bicyclic) bond motifs is 1. The number of aromatic nitrogens is 1. The van der Waals surface area contributed by atoms with E-state index in [0.717, 1.165) is 27.9 Å². The van der Waals surface area contributed by atoms with Gasteiger partial charge < -0.3 is 14.4 Å². The number of hydrogen-bond acceptors (Lipinski definition) is 2. The van der Waals surface area contributed by atoms with Crippen molar-refractivity contribution in [3.63, 3.8) is 0 Å². The van der Waals surface area contributed by atoms with E-state index in [2.05, 4.69) is 27.5 Å². The van der Waals surface area contributed by atoms with E-state index in [4.69, 9.17) is 4.74 Å². The SMILES string of the molecule is C=CC[NH+]=C(O)Nc1cccc(-c2c(C#N)c3ccc(OC)cc3n2CC)c1. The van der Waals surface area contributed by atoms with Gasteiger partial charge in [0.15, 0.2) is 0 Å². The molecular formula is C22H23N4O2+. The number of nitriles is 1. The molecule has 0 aliphatic carbocycles. The summed E-state index contributed by atoms with van der Waals surface area (Å²) in [6.07, 6.45) is 1.65. The number of hydrogen-bond donors (Lipinski definition) is 3. The molecule has 1 heterocycles. The monoisotopic (exact) mass is 375 g/mol. The molecule has 3 N–H and O–H groups in total. The van der Waals surface area contributed by atoms with Crippen LogP contribution in [-0.2, 0) is 6.54 Å². The molecule has 0 unspecified atom stereocenters. The zero-order chi connectivity index (χ0) is 20.1. The Balaban J connectivity index is 2.14. The number of aliphatic hydroxyl groups excluding tert-OH is 1. The maximum absolute atomic E-state index is 9.94. The van der Waals surface area contributed by atoms with E-state index in [-0.39, 0.29) is 6.02 Å². The maximum atomic E-state index is 9.94. The first-order valence-corrected chi connectivity index (χ1v) is 9.01. The van der Waals surface area contributed by atoms with Crippen LogP contribution in [0.2, 0.25) is 0 Å². The number of nitrogens with zero attached hydrogens (tertiary/aromatic N) is 2. The third-order valence-electron chi connectivity index (χ3n) is 4.51. The van der Waals surface area contributed by atoms with E-state index < -0.39 is 0 Å². The first-order chi connectivity index (χ1) is 13.6. The molecule has 0 aliphatic rings. The van der Waals surface area contributed by atoms with Gasteiger partial charge in [0.2, 0.25) is 0 Å². The number of ether oxygens (including phenoxy) is 1. The van der Waals surface area contributed by atoms with Gasteiger partial charge in [-0.2, -0.15) is 5.26 Å². The second-order valence-electron chi connectivity index (χ2n) is 6.19. The van der Waals surface area contributed by atoms with Crippen LogP contribution in [0.5, 0.6) is 5.75 Å². The lowest BCUT2D eigenvalue weighted by molar-refractivity contribution is -0.453. The van der Waals surface area contributed by atoms with Crippen LogP contribution in [0.1, 0.15) is 12.5 Å². The topological polar surface area (TPSA) is 84.2 Å². The van der Waals surface area contributed by atoms with Gasteiger partial charge in [-0.1, -0.05) is 24.8 Å². The highest BCUT2D eigenvalue weighted by Crippen LogP contribution is 2.36. The summed E-state index contributed by atoms with van der Waals surface area (Å²) in [7, 11) is 1.63. The highest BCUT2D eigenvalue weighted by Gasteiger charge is 2.19. The number of aryl methyl sites for hydroxylation is 1. The number of rotatable bonds is 6. The zero-order valence-corrected chi connectivity index (χ0v) is 16.0. The van der Waals surface area contributed by atoms with Gasteiger partial charge in [-0.25, -0.2) is 10.3 Å². The highest BCUT2D eigenvalue weighted by atomic mass is 16.5. The first-order valence-electron chi connectivity index (χ1n) is 9.01. The number of methoxy groups -OCH3 is 1. The fraction of sp³-hybridized carbons (Fsp3) is 0.182. The van der Waals surface area contributed by atoms with Crippen molar-refractivity contribution in [2.45, 2.75) is 13.5 Å².